The summed E-state index contributed by atoms with van der Waals surface area (Å²) in [5, 5.41) is 0. The molecule has 1 aromatic heterocycles. The summed E-state index contributed by atoms with van der Waals surface area (Å²) in [6.07, 6.45) is 1.21. The van der Waals surface area contributed by atoms with Gasteiger partial charge in [0.25, 0.3) is 5.56 Å². The first-order valence-electron chi connectivity index (χ1n) is 7.39. The van der Waals surface area contributed by atoms with Crippen LogP contribution in [0.5, 0.6) is 0 Å². The largest absolute Gasteiger partial charge is 0.455 e. The van der Waals surface area contributed by atoms with E-state index in [9.17, 15) is 19.2 Å². The third kappa shape index (κ3) is 3.67. The number of esters is 1. The van der Waals surface area contributed by atoms with E-state index < -0.39 is 35.7 Å². The first-order chi connectivity index (χ1) is 11.0. The molecular formula is C14H19N3O6. The van der Waals surface area contributed by atoms with E-state index in [2.05, 4.69) is 0 Å². The molecule has 0 amide bonds. The number of carbonyl (C=O) groups is 2. The number of hydrogen-bond acceptors (Lipinski definition) is 7. The third-order valence-corrected chi connectivity index (χ3v) is 3.50. The second-order valence-corrected chi connectivity index (χ2v) is 5.20. The number of carbonyl (C=O) groups excluding carboxylic acids is 2. The van der Waals surface area contributed by atoms with Crippen molar-refractivity contribution in [1.82, 2.24) is 9.55 Å². The average molecular weight is 325 g/mol. The summed E-state index contributed by atoms with van der Waals surface area (Å²) < 4.78 is 11.1. The molecule has 2 rings (SSSR count). The summed E-state index contributed by atoms with van der Waals surface area (Å²) in [5.41, 5.74) is 3.81. The minimum absolute atomic E-state index is 0.223. The van der Waals surface area contributed by atoms with Gasteiger partial charge in [0.2, 0.25) is 5.78 Å². The van der Waals surface area contributed by atoms with Crippen LogP contribution in [0.3, 0.4) is 0 Å². The summed E-state index contributed by atoms with van der Waals surface area (Å²) >= 11 is 0. The molecule has 2 heterocycles. The highest BCUT2D eigenvalue weighted by Crippen LogP contribution is 2.13. The quantitative estimate of drug-likeness (QED) is 0.528. The van der Waals surface area contributed by atoms with Crippen molar-refractivity contribution < 1.29 is 19.1 Å². The summed E-state index contributed by atoms with van der Waals surface area (Å²) in [4.78, 5) is 49.4. The molecule has 126 valence electrons. The summed E-state index contributed by atoms with van der Waals surface area (Å²) in [5.74, 6) is -1.63. The molecule has 9 heteroatoms. The number of H-pyrrole nitrogens is 1. The maximum atomic E-state index is 12.1. The van der Waals surface area contributed by atoms with E-state index in [1.165, 1.54) is 0 Å². The van der Waals surface area contributed by atoms with Gasteiger partial charge in [-0.3, -0.25) is 19.1 Å². The predicted octanol–water partition coefficient (Wildman–Crippen LogP) is -0.566. The summed E-state index contributed by atoms with van der Waals surface area (Å²) in [6.45, 7) is 1.93. The van der Waals surface area contributed by atoms with Gasteiger partial charge in [0.15, 0.2) is 12.7 Å². The lowest BCUT2D eigenvalue weighted by Crippen LogP contribution is -2.37. The minimum atomic E-state index is -0.891. The van der Waals surface area contributed by atoms with Crippen LogP contribution in [-0.4, -0.2) is 40.6 Å². The molecule has 1 aromatic rings. The lowest BCUT2D eigenvalue weighted by atomic mass is 10.2. The number of Topliss-reactive ketones (excluding diaryl/α,β-unsaturated/α-hetero) is 1. The van der Waals surface area contributed by atoms with E-state index in [4.69, 9.17) is 15.2 Å². The molecule has 0 radical (unpaired) electrons. The molecule has 0 spiro atoms. The number of ketones is 1. The zero-order valence-electron chi connectivity index (χ0n) is 12.8. The van der Waals surface area contributed by atoms with E-state index in [-0.39, 0.29) is 17.9 Å². The molecule has 1 fully saturated rings. The van der Waals surface area contributed by atoms with Crippen molar-refractivity contribution in [2.45, 2.75) is 38.8 Å². The number of nitrogens with one attached hydrogen (secondary N) is 1. The Morgan fingerprint density at radius 3 is 2.78 bits per heavy atom. The fraction of sp³-hybridized carbons (Fsp3) is 0.571. The molecule has 0 bridgehead atoms. The van der Waals surface area contributed by atoms with Gasteiger partial charge in [0.05, 0.1) is 0 Å². The Balaban J connectivity index is 2.15. The van der Waals surface area contributed by atoms with Crippen LogP contribution in [0.25, 0.3) is 0 Å². The fourth-order valence-corrected chi connectivity index (χ4v) is 2.37. The molecule has 0 saturated carbocycles. The zero-order chi connectivity index (χ0) is 17.0. The van der Waals surface area contributed by atoms with Gasteiger partial charge in [-0.1, -0.05) is 6.92 Å². The Hall–Kier alpha value is -2.42. The van der Waals surface area contributed by atoms with E-state index in [0.717, 1.165) is 11.0 Å². The number of nitrogen functional groups attached to an aromatic ring is 1. The Morgan fingerprint density at radius 2 is 2.17 bits per heavy atom. The minimum Gasteiger partial charge on any atom is -0.455 e. The lowest BCUT2D eigenvalue weighted by Gasteiger charge is -2.12. The van der Waals surface area contributed by atoms with E-state index in [1.807, 2.05) is 11.9 Å². The molecule has 0 aromatic carbocycles. The summed E-state index contributed by atoms with van der Waals surface area (Å²) in [7, 11) is 0. The number of hydrogen-bond donors (Lipinski definition) is 2. The molecule has 1 saturated heterocycles. The molecular weight excluding hydrogens is 306 g/mol. The van der Waals surface area contributed by atoms with E-state index in [1.54, 1.807) is 0 Å². The van der Waals surface area contributed by atoms with Gasteiger partial charge in [-0.05, 0) is 19.3 Å². The van der Waals surface area contributed by atoms with Crippen LogP contribution >= 0.6 is 0 Å². The molecule has 3 N–H and O–H groups in total. The van der Waals surface area contributed by atoms with Crippen molar-refractivity contribution >= 4 is 17.6 Å². The van der Waals surface area contributed by atoms with Crippen molar-refractivity contribution in [3.05, 3.63) is 26.4 Å². The van der Waals surface area contributed by atoms with Crippen LogP contribution in [0.1, 0.15) is 36.5 Å². The zero-order valence-corrected chi connectivity index (χ0v) is 12.8. The Bertz CT molecular complexity index is 714. The van der Waals surface area contributed by atoms with Gasteiger partial charge in [-0.25, -0.2) is 9.59 Å². The Kier molecular flexibility index (Phi) is 5.32. The highest BCUT2D eigenvalue weighted by Gasteiger charge is 2.27. The standard InChI is InChI=1S/C14H19N3O6/c1-2-5-17-11(15)10(12(19)16-14(17)21)8(18)7-23-13(20)9-4-3-6-22-9/h9H,2-7,15H2,1H3,(H,16,19,21)/t9-/m1/s1. The monoisotopic (exact) mass is 325 g/mol. The SMILES string of the molecule is CCCn1c(N)c(C(=O)COC(=O)[C@H]2CCCO2)c(=O)[nH]c1=O. The van der Waals surface area contributed by atoms with Crippen LogP contribution in [0.2, 0.25) is 0 Å². The average Bonchev–Trinajstić information content (AvgIpc) is 3.03. The number of rotatable bonds is 6. The maximum absolute atomic E-state index is 12.1. The van der Waals surface area contributed by atoms with E-state index in [0.29, 0.717) is 19.4 Å². The van der Waals surface area contributed by atoms with Crippen molar-refractivity contribution in [1.29, 1.82) is 0 Å². The van der Waals surface area contributed by atoms with Gasteiger partial charge in [-0.15, -0.1) is 0 Å². The van der Waals surface area contributed by atoms with Crippen molar-refractivity contribution in [3.63, 3.8) is 0 Å². The number of aromatic nitrogens is 2. The smallest absolute Gasteiger partial charge is 0.335 e. The Morgan fingerprint density at radius 1 is 1.43 bits per heavy atom. The highest BCUT2D eigenvalue weighted by molar-refractivity contribution is 6.01. The number of nitrogens with two attached hydrogens (primary N) is 1. The Labute approximate surface area is 131 Å². The van der Waals surface area contributed by atoms with Gasteiger partial charge < -0.3 is 15.2 Å². The predicted molar refractivity (Wildman–Crippen MR) is 80.3 cm³/mol. The number of aromatic amines is 1. The lowest BCUT2D eigenvalue weighted by molar-refractivity contribution is -0.153. The normalized spacial score (nSPS) is 17.2. The van der Waals surface area contributed by atoms with Crippen LogP contribution in [0.15, 0.2) is 9.59 Å². The van der Waals surface area contributed by atoms with Crippen LogP contribution in [-0.2, 0) is 20.8 Å². The molecule has 1 aliphatic heterocycles. The first-order valence-corrected chi connectivity index (χ1v) is 7.39. The fourth-order valence-electron chi connectivity index (χ4n) is 2.37. The molecule has 23 heavy (non-hydrogen) atoms. The highest BCUT2D eigenvalue weighted by atomic mass is 16.6. The second-order valence-electron chi connectivity index (χ2n) is 5.20. The van der Waals surface area contributed by atoms with Gasteiger partial charge in [0.1, 0.15) is 11.4 Å². The summed E-state index contributed by atoms with van der Waals surface area (Å²) in [6, 6.07) is 0. The number of nitrogens with zero attached hydrogens (tertiary/aromatic N) is 1. The van der Waals surface area contributed by atoms with Gasteiger partial charge in [0, 0.05) is 13.2 Å². The van der Waals surface area contributed by atoms with Crippen LogP contribution in [0, 0.1) is 0 Å². The molecule has 1 aliphatic rings. The maximum Gasteiger partial charge on any atom is 0.335 e. The third-order valence-electron chi connectivity index (χ3n) is 3.50. The molecule has 0 aliphatic carbocycles. The molecule has 9 nitrogen and oxygen atoms in total. The topological polar surface area (TPSA) is 133 Å². The van der Waals surface area contributed by atoms with Crippen LogP contribution in [0.4, 0.5) is 5.82 Å². The van der Waals surface area contributed by atoms with Crippen molar-refractivity contribution in [2.24, 2.45) is 0 Å². The first kappa shape index (κ1) is 16.9. The van der Waals surface area contributed by atoms with E-state index >= 15 is 0 Å². The molecule has 1 atom stereocenters. The van der Waals surface area contributed by atoms with Gasteiger partial charge in [-0.2, -0.15) is 0 Å². The van der Waals surface area contributed by atoms with Crippen molar-refractivity contribution in [3.8, 4) is 0 Å². The number of anilines is 1. The second kappa shape index (κ2) is 7.23. The van der Waals surface area contributed by atoms with Crippen molar-refractivity contribution in [2.75, 3.05) is 18.9 Å². The van der Waals surface area contributed by atoms with Gasteiger partial charge >= 0.3 is 11.7 Å². The molecule has 0 unspecified atom stereocenters. The number of ether oxygens (including phenoxy) is 2. The van der Waals surface area contributed by atoms with Crippen LogP contribution < -0.4 is 17.0 Å².